The van der Waals surface area contributed by atoms with Gasteiger partial charge in [-0.2, -0.15) is 0 Å². The van der Waals surface area contributed by atoms with Gasteiger partial charge in [0.2, 0.25) is 5.78 Å². The van der Waals surface area contributed by atoms with Gasteiger partial charge in [-0.25, -0.2) is 4.98 Å². The standard InChI is InChI=1S/C42H47N3O8/c1-23-13-9-10-14-24(2)21-29(52-28(6)46)17-8-7-11-20-51-42-39(49)33-31-32(37(47)27(5)40(33)53-42)38(48)35(44-41(50)26(4)16-12-15-23)36-34(31)43-30-22-25(3)18-19-45(30)36/h9-12,15-16,18-20,22-24,29,42,47-48H,7-8,13-14,17,21H2,1-6H3,(H,44,50)/b10-9?,15-12+,20-11+,26-16+/t23-,24-,29-,42?/m1/s1. The second kappa shape index (κ2) is 15.6. The summed E-state index contributed by atoms with van der Waals surface area (Å²) in [5.74, 6) is -1.33. The van der Waals surface area contributed by atoms with Gasteiger partial charge in [0.05, 0.1) is 17.2 Å². The zero-order valence-corrected chi connectivity index (χ0v) is 31.1. The third kappa shape index (κ3) is 7.65. The molecular weight excluding hydrogens is 674 g/mol. The Balaban J connectivity index is 1.45. The predicted molar refractivity (Wildman–Crippen MR) is 204 cm³/mol. The van der Waals surface area contributed by atoms with Crippen molar-refractivity contribution in [3.05, 3.63) is 83.3 Å². The van der Waals surface area contributed by atoms with Crippen LogP contribution < -0.4 is 10.1 Å². The number of phenolic OH excluding ortho intramolecular Hbond substituents is 2. The summed E-state index contributed by atoms with van der Waals surface area (Å²) in [5, 5.41) is 26.5. The number of fused-ring (bicyclic) bond motifs is 2. The Bertz CT molecular complexity index is 2230. The number of nitrogens with one attached hydrogen (secondary N) is 1. The van der Waals surface area contributed by atoms with Gasteiger partial charge in [0.15, 0.2) is 5.75 Å². The molecule has 0 saturated carbocycles. The normalized spacial score (nSPS) is 24.2. The Morgan fingerprint density at radius 1 is 1.06 bits per heavy atom. The molecule has 0 fully saturated rings. The van der Waals surface area contributed by atoms with Crippen LogP contribution in [-0.4, -0.2) is 49.7 Å². The minimum absolute atomic E-state index is 0.0326. The zero-order valence-electron chi connectivity index (χ0n) is 31.1. The predicted octanol–water partition coefficient (Wildman–Crippen LogP) is 8.66. The van der Waals surface area contributed by atoms with E-state index >= 15 is 0 Å². The van der Waals surface area contributed by atoms with E-state index in [0.29, 0.717) is 35.5 Å². The molecule has 6 rings (SSSR count). The number of aromatic hydroxyl groups is 2. The molecule has 11 nitrogen and oxygen atoms in total. The quantitative estimate of drug-likeness (QED) is 0.0998. The van der Waals surface area contributed by atoms with Crippen LogP contribution in [0.1, 0.15) is 87.7 Å². The summed E-state index contributed by atoms with van der Waals surface area (Å²) in [6.07, 6.45) is 17.8. The number of esters is 1. The summed E-state index contributed by atoms with van der Waals surface area (Å²) in [7, 11) is 0. The molecule has 0 spiro atoms. The molecule has 3 N–H and O–H groups in total. The molecule has 278 valence electrons. The maximum atomic E-state index is 14.1. The number of anilines is 1. The number of Topliss-reactive ketones (excluding diaryl/α,β-unsaturated/α-hetero) is 1. The summed E-state index contributed by atoms with van der Waals surface area (Å²) in [5.41, 5.74) is 2.86. The van der Waals surface area contributed by atoms with Crippen molar-refractivity contribution in [2.45, 2.75) is 92.5 Å². The fraction of sp³-hybridized carbons (Fsp3) is 0.381. The van der Waals surface area contributed by atoms with E-state index in [2.05, 4.69) is 31.3 Å². The van der Waals surface area contributed by atoms with Crippen molar-refractivity contribution in [3.8, 4) is 17.2 Å². The molecule has 0 saturated heterocycles. The molecule has 4 bridgehead atoms. The van der Waals surface area contributed by atoms with Gasteiger partial charge in [0.25, 0.3) is 5.91 Å². The first-order chi connectivity index (χ1) is 25.3. The average molecular weight is 722 g/mol. The molecule has 2 aromatic heterocycles. The van der Waals surface area contributed by atoms with Crippen LogP contribution in [0.2, 0.25) is 0 Å². The molecule has 2 aliphatic heterocycles. The molecule has 0 radical (unpaired) electrons. The fourth-order valence-electron chi connectivity index (χ4n) is 7.03. The molecule has 53 heavy (non-hydrogen) atoms. The number of ether oxygens (including phenoxy) is 3. The van der Waals surface area contributed by atoms with Crippen LogP contribution in [0.3, 0.4) is 0 Å². The van der Waals surface area contributed by atoms with E-state index in [-0.39, 0.29) is 62.6 Å². The Kier molecular flexibility index (Phi) is 10.9. The molecule has 2 aliphatic rings. The second-order valence-electron chi connectivity index (χ2n) is 14.3. The number of imidazole rings is 1. The number of hydrogen-bond acceptors (Lipinski definition) is 9. The number of ketones is 1. The molecular formula is C42H47N3O8. The third-order valence-electron chi connectivity index (χ3n) is 9.86. The fourth-order valence-corrected chi connectivity index (χ4v) is 7.03. The van der Waals surface area contributed by atoms with Crippen molar-refractivity contribution in [1.29, 1.82) is 0 Å². The van der Waals surface area contributed by atoms with E-state index in [1.807, 2.05) is 31.2 Å². The largest absolute Gasteiger partial charge is 0.507 e. The number of phenols is 2. The number of benzene rings is 2. The van der Waals surface area contributed by atoms with E-state index in [1.54, 1.807) is 36.6 Å². The van der Waals surface area contributed by atoms with Gasteiger partial charge in [-0.1, -0.05) is 44.2 Å². The molecule has 4 aromatic rings. The van der Waals surface area contributed by atoms with E-state index in [4.69, 9.17) is 19.2 Å². The molecule has 1 amide bonds. The number of hydrogen-bond donors (Lipinski definition) is 3. The highest BCUT2D eigenvalue weighted by Gasteiger charge is 2.40. The first-order valence-corrected chi connectivity index (χ1v) is 18.2. The maximum Gasteiger partial charge on any atom is 0.304 e. The number of carbonyl (C=O) groups excluding carboxylic acids is 3. The third-order valence-corrected chi connectivity index (χ3v) is 9.86. The summed E-state index contributed by atoms with van der Waals surface area (Å²) in [6, 6.07) is 3.72. The monoisotopic (exact) mass is 721 g/mol. The van der Waals surface area contributed by atoms with Crippen molar-refractivity contribution in [2.24, 2.45) is 11.8 Å². The van der Waals surface area contributed by atoms with Gasteiger partial charge < -0.3 is 29.7 Å². The SMILES string of the molecule is CC(=O)O[C@@H]1CCC/C=C/OC2Oc3c(C)c(O)c4c(O)c(c5c(nc6cc(C)ccn65)c4c3C2=O)NC(=O)/C(C)=C/C=C/[C@H](C)CC=CC[C@@H](C)C1. The number of aromatic nitrogens is 2. The average Bonchev–Trinajstić information content (AvgIpc) is 3.64. The molecule has 4 atom stereocenters. The molecule has 0 aliphatic carbocycles. The molecule has 11 heteroatoms. The number of rotatable bonds is 1. The number of nitrogens with zero attached hydrogens (tertiary/aromatic N) is 2. The van der Waals surface area contributed by atoms with Gasteiger partial charge >= 0.3 is 12.3 Å². The van der Waals surface area contributed by atoms with E-state index in [9.17, 15) is 24.6 Å². The lowest BCUT2D eigenvalue weighted by Gasteiger charge is -2.20. The van der Waals surface area contributed by atoms with Crippen LogP contribution in [-0.2, 0) is 19.1 Å². The van der Waals surface area contributed by atoms with Crippen molar-refractivity contribution < 1.29 is 38.8 Å². The minimum atomic E-state index is -1.34. The van der Waals surface area contributed by atoms with Gasteiger partial charge in [0, 0.05) is 29.6 Å². The summed E-state index contributed by atoms with van der Waals surface area (Å²) >= 11 is 0. The number of aryl methyl sites for hydroxylation is 1. The minimum Gasteiger partial charge on any atom is -0.507 e. The highest BCUT2D eigenvalue weighted by Crippen LogP contribution is 2.52. The topological polar surface area (TPSA) is 149 Å². The smallest absolute Gasteiger partial charge is 0.304 e. The highest BCUT2D eigenvalue weighted by molar-refractivity contribution is 6.27. The first kappa shape index (κ1) is 37.2. The number of carbonyl (C=O) groups is 3. The lowest BCUT2D eigenvalue weighted by Crippen LogP contribution is -2.22. The van der Waals surface area contributed by atoms with Crippen LogP contribution in [0, 0.1) is 25.7 Å². The summed E-state index contributed by atoms with van der Waals surface area (Å²) < 4.78 is 19.2. The van der Waals surface area contributed by atoms with Crippen molar-refractivity contribution in [3.63, 3.8) is 0 Å². The second-order valence-corrected chi connectivity index (χ2v) is 14.3. The van der Waals surface area contributed by atoms with E-state index in [0.717, 1.165) is 31.2 Å². The number of pyridine rings is 1. The van der Waals surface area contributed by atoms with Crippen LogP contribution in [0.4, 0.5) is 5.69 Å². The van der Waals surface area contributed by atoms with Crippen LogP contribution in [0.15, 0.2) is 66.6 Å². The lowest BCUT2D eigenvalue weighted by molar-refractivity contribution is -0.147. The zero-order chi connectivity index (χ0) is 38.0. The number of allylic oxidation sites excluding steroid dienone is 6. The summed E-state index contributed by atoms with van der Waals surface area (Å²) in [4.78, 5) is 44.4. The Morgan fingerprint density at radius 3 is 2.60 bits per heavy atom. The van der Waals surface area contributed by atoms with Crippen LogP contribution >= 0.6 is 0 Å². The van der Waals surface area contributed by atoms with Gasteiger partial charge in [-0.05, 0) is 94.9 Å². The van der Waals surface area contributed by atoms with E-state index in [1.165, 1.54) is 13.2 Å². The van der Waals surface area contributed by atoms with Crippen molar-refractivity contribution in [2.75, 3.05) is 5.32 Å². The Morgan fingerprint density at radius 2 is 1.83 bits per heavy atom. The number of amides is 1. The van der Waals surface area contributed by atoms with Gasteiger partial charge in [-0.15, -0.1) is 0 Å². The Labute approximate surface area is 308 Å². The summed E-state index contributed by atoms with van der Waals surface area (Å²) in [6.45, 7) is 10.9. The van der Waals surface area contributed by atoms with Gasteiger partial charge in [-0.3, -0.25) is 18.8 Å². The first-order valence-electron chi connectivity index (χ1n) is 18.2. The molecule has 1 unspecified atom stereocenters. The Hall–Kier alpha value is -5.58. The van der Waals surface area contributed by atoms with Gasteiger partial charge in [0.1, 0.15) is 40.0 Å². The van der Waals surface area contributed by atoms with Crippen LogP contribution in [0.25, 0.3) is 27.5 Å². The van der Waals surface area contributed by atoms with E-state index < -0.39 is 23.7 Å². The lowest BCUT2D eigenvalue weighted by atomic mass is 9.94. The molecule has 2 aromatic carbocycles. The van der Waals surface area contributed by atoms with Crippen molar-refractivity contribution in [1.82, 2.24) is 9.38 Å². The van der Waals surface area contributed by atoms with Crippen molar-refractivity contribution >= 4 is 50.8 Å². The molecule has 4 heterocycles. The van der Waals surface area contributed by atoms with Crippen LogP contribution in [0.5, 0.6) is 17.2 Å². The maximum absolute atomic E-state index is 14.1. The highest BCUT2D eigenvalue weighted by atomic mass is 16.7.